The summed E-state index contributed by atoms with van der Waals surface area (Å²) in [4.78, 5) is 14.2. The van der Waals surface area contributed by atoms with Crippen LogP contribution in [0.25, 0.3) is 0 Å². The summed E-state index contributed by atoms with van der Waals surface area (Å²) in [6.07, 6.45) is 0. The fourth-order valence-corrected chi connectivity index (χ4v) is 2.30. The molecule has 2 rings (SSSR count). The molecule has 1 fully saturated rings. The molecule has 1 saturated heterocycles. The highest BCUT2D eigenvalue weighted by molar-refractivity contribution is 5.25. The summed E-state index contributed by atoms with van der Waals surface area (Å²) >= 11 is 0. The molecule has 0 saturated carbocycles. The second kappa shape index (κ2) is 4.80. The summed E-state index contributed by atoms with van der Waals surface area (Å²) < 4.78 is 0. The van der Waals surface area contributed by atoms with E-state index >= 15 is 0 Å². The van der Waals surface area contributed by atoms with Crippen LogP contribution < -0.4 is 16.8 Å². The van der Waals surface area contributed by atoms with Gasteiger partial charge in [-0.15, -0.1) is 0 Å². The third kappa shape index (κ3) is 3.24. The summed E-state index contributed by atoms with van der Waals surface area (Å²) in [5.41, 5.74) is 11.1. The lowest BCUT2D eigenvalue weighted by molar-refractivity contribution is 0.163. The van der Waals surface area contributed by atoms with Gasteiger partial charge in [-0.3, -0.25) is 4.90 Å². The van der Waals surface area contributed by atoms with Crippen molar-refractivity contribution >= 4 is 11.9 Å². The molecule has 7 nitrogen and oxygen atoms in total. The van der Waals surface area contributed by atoms with Gasteiger partial charge < -0.3 is 16.8 Å². The number of nitrogens with two attached hydrogens (primary N) is 2. The number of hydrogen-bond acceptors (Lipinski definition) is 7. The number of piperazine rings is 1. The third-order valence-corrected chi connectivity index (χ3v) is 2.71. The van der Waals surface area contributed by atoms with Crippen molar-refractivity contribution in [2.45, 2.75) is 32.5 Å². The molecule has 2 unspecified atom stereocenters. The Labute approximate surface area is 101 Å². The fourth-order valence-electron chi connectivity index (χ4n) is 2.30. The van der Waals surface area contributed by atoms with Gasteiger partial charge in [0.1, 0.15) is 5.82 Å². The van der Waals surface area contributed by atoms with Gasteiger partial charge in [-0.2, -0.15) is 15.0 Å². The lowest BCUT2D eigenvalue weighted by Gasteiger charge is -2.35. The van der Waals surface area contributed by atoms with E-state index in [2.05, 4.69) is 39.0 Å². The molecule has 2 heterocycles. The molecule has 1 aromatic rings. The highest BCUT2D eigenvalue weighted by Gasteiger charge is 2.21. The van der Waals surface area contributed by atoms with Gasteiger partial charge >= 0.3 is 0 Å². The number of nitrogens with zero attached hydrogens (tertiary/aromatic N) is 4. The lowest BCUT2D eigenvalue weighted by atomic mass is 10.1. The first-order valence-electron chi connectivity index (χ1n) is 5.77. The quantitative estimate of drug-likeness (QED) is 0.619. The normalized spacial score (nSPS) is 26.0. The molecule has 1 aliphatic heterocycles. The largest absolute Gasteiger partial charge is 0.368 e. The minimum Gasteiger partial charge on any atom is -0.368 e. The average Bonchev–Trinajstić information content (AvgIpc) is 2.13. The molecule has 0 bridgehead atoms. The maximum absolute atomic E-state index is 5.55. The monoisotopic (exact) mass is 237 g/mol. The summed E-state index contributed by atoms with van der Waals surface area (Å²) in [6, 6.07) is 0.936. The molecule has 17 heavy (non-hydrogen) atoms. The van der Waals surface area contributed by atoms with E-state index in [4.69, 9.17) is 11.5 Å². The smallest absolute Gasteiger partial charge is 0.225 e. The Bertz CT molecular complexity index is 364. The Morgan fingerprint density at radius 2 is 1.65 bits per heavy atom. The van der Waals surface area contributed by atoms with Crippen LogP contribution in [0.4, 0.5) is 11.9 Å². The van der Waals surface area contributed by atoms with Crippen LogP contribution in [0, 0.1) is 0 Å². The summed E-state index contributed by atoms with van der Waals surface area (Å²) in [7, 11) is 0. The molecule has 0 spiro atoms. The van der Waals surface area contributed by atoms with Gasteiger partial charge in [0.15, 0.2) is 0 Å². The number of anilines is 2. The van der Waals surface area contributed by atoms with E-state index in [1.165, 1.54) is 0 Å². The van der Waals surface area contributed by atoms with Gasteiger partial charge in [-0.1, -0.05) is 0 Å². The average molecular weight is 237 g/mol. The highest BCUT2D eigenvalue weighted by Crippen LogP contribution is 2.08. The standard InChI is InChI=1S/C10H19N7/c1-6-3-17(4-7(2)13-6)5-8-14-9(11)16-10(12)15-8/h6-7,13H,3-5H2,1-2H3,(H4,11,12,14,15,16). The van der Waals surface area contributed by atoms with Crippen molar-refractivity contribution in [3.63, 3.8) is 0 Å². The number of rotatable bonds is 2. The van der Waals surface area contributed by atoms with Gasteiger partial charge in [0.25, 0.3) is 0 Å². The van der Waals surface area contributed by atoms with E-state index in [0.29, 0.717) is 24.5 Å². The zero-order valence-corrected chi connectivity index (χ0v) is 10.2. The molecule has 94 valence electrons. The van der Waals surface area contributed by atoms with Gasteiger partial charge in [0, 0.05) is 25.2 Å². The van der Waals surface area contributed by atoms with Crippen LogP contribution in [-0.4, -0.2) is 45.0 Å². The molecule has 5 N–H and O–H groups in total. The van der Waals surface area contributed by atoms with Crippen molar-refractivity contribution in [2.24, 2.45) is 0 Å². The molecule has 0 radical (unpaired) electrons. The second-order valence-electron chi connectivity index (χ2n) is 4.63. The van der Waals surface area contributed by atoms with Crippen molar-refractivity contribution in [1.82, 2.24) is 25.2 Å². The first kappa shape index (κ1) is 12.0. The Morgan fingerprint density at radius 3 is 2.18 bits per heavy atom. The number of nitrogens with one attached hydrogen (secondary N) is 1. The maximum atomic E-state index is 5.55. The van der Waals surface area contributed by atoms with E-state index in [1.807, 2.05) is 0 Å². The summed E-state index contributed by atoms with van der Waals surface area (Å²) in [5, 5.41) is 3.47. The summed E-state index contributed by atoms with van der Waals surface area (Å²) in [5.74, 6) is 1.00. The Hall–Kier alpha value is -1.47. The molecule has 0 amide bonds. The van der Waals surface area contributed by atoms with Crippen LogP contribution in [0.2, 0.25) is 0 Å². The number of aromatic nitrogens is 3. The molecule has 1 aromatic heterocycles. The topological polar surface area (TPSA) is 106 Å². The van der Waals surface area contributed by atoms with Crippen molar-refractivity contribution in [1.29, 1.82) is 0 Å². The number of hydrogen-bond donors (Lipinski definition) is 3. The minimum absolute atomic E-state index is 0.184. The third-order valence-electron chi connectivity index (χ3n) is 2.71. The number of nitrogen functional groups attached to an aromatic ring is 2. The molecular weight excluding hydrogens is 218 g/mol. The second-order valence-corrected chi connectivity index (χ2v) is 4.63. The first-order chi connectivity index (χ1) is 8.02. The molecule has 0 aliphatic carbocycles. The molecular formula is C10H19N7. The van der Waals surface area contributed by atoms with Crippen LogP contribution in [0.1, 0.15) is 19.7 Å². The van der Waals surface area contributed by atoms with Crippen LogP contribution in [0.3, 0.4) is 0 Å². The first-order valence-corrected chi connectivity index (χ1v) is 5.77. The van der Waals surface area contributed by atoms with E-state index in [-0.39, 0.29) is 11.9 Å². The Kier molecular flexibility index (Phi) is 3.39. The van der Waals surface area contributed by atoms with Gasteiger partial charge in [0.05, 0.1) is 6.54 Å². The Balaban J connectivity index is 2.04. The van der Waals surface area contributed by atoms with Gasteiger partial charge in [-0.25, -0.2) is 0 Å². The van der Waals surface area contributed by atoms with E-state index in [0.717, 1.165) is 13.1 Å². The predicted octanol–water partition coefficient (Wildman–Crippen LogP) is -0.782. The lowest BCUT2D eigenvalue weighted by Crippen LogP contribution is -2.53. The van der Waals surface area contributed by atoms with Crippen LogP contribution in [0.15, 0.2) is 0 Å². The van der Waals surface area contributed by atoms with Crippen molar-refractivity contribution in [3.05, 3.63) is 5.82 Å². The SMILES string of the molecule is CC1CN(Cc2nc(N)nc(N)n2)CC(C)N1. The zero-order valence-electron chi connectivity index (χ0n) is 10.2. The van der Waals surface area contributed by atoms with E-state index in [9.17, 15) is 0 Å². The van der Waals surface area contributed by atoms with Gasteiger partial charge in [-0.05, 0) is 13.8 Å². The van der Waals surface area contributed by atoms with Crippen molar-refractivity contribution in [2.75, 3.05) is 24.6 Å². The van der Waals surface area contributed by atoms with Crippen molar-refractivity contribution in [3.8, 4) is 0 Å². The minimum atomic E-state index is 0.184. The maximum Gasteiger partial charge on any atom is 0.225 e. The van der Waals surface area contributed by atoms with Crippen LogP contribution >= 0.6 is 0 Å². The Morgan fingerprint density at radius 1 is 1.12 bits per heavy atom. The summed E-state index contributed by atoms with van der Waals surface area (Å²) in [6.45, 7) is 6.93. The molecule has 0 aromatic carbocycles. The molecule has 1 aliphatic rings. The van der Waals surface area contributed by atoms with Gasteiger partial charge in [0.2, 0.25) is 11.9 Å². The molecule has 2 atom stereocenters. The fraction of sp³-hybridized carbons (Fsp3) is 0.700. The van der Waals surface area contributed by atoms with Crippen molar-refractivity contribution < 1.29 is 0 Å². The molecule has 7 heteroatoms. The van der Waals surface area contributed by atoms with Crippen LogP contribution in [0.5, 0.6) is 0 Å². The van der Waals surface area contributed by atoms with Crippen LogP contribution in [-0.2, 0) is 6.54 Å². The van der Waals surface area contributed by atoms with E-state index < -0.39 is 0 Å². The zero-order chi connectivity index (χ0) is 12.4. The van der Waals surface area contributed by atoms with E-state index in [1.54, 1.807) is 0 Å². The highest BCUT2D eigenvalue weighted by atomic mass is 15.2. The predicted molar refractivity (Wildman–Crippen MR) is 66.0 cm³/mol.